The number of nitrogens with zero attached hydrogens (tertiary/aromatic N) is 2. The average Bonchev–Trinajstić information content (AvgIpc) is 2.74. The molecule has 2 aliphatic rings. The van der Waals surface area contributed by atoms with Crippen LogP contribution >= 0.6 is 0 Å². The van der Waals surface area contributed by atoms with Crippen LogP contribution in [0.3, 0.4) is 0 Å². The van der Waals surface area contributed by atoms with Crippen LogP contribution in [0.4, 0.5) is 0 Å². The van der Waals surface area contributed by atoms with Crippen molar-refractivity contribution in [2.24, 2.45) is 4.99 Å². The van der Waals surface area contributed by atoms with E-state index in [2.05, 4.69) is 58.6 Å². The third-order valence-corrected chi connectivity index (χ3v) is 2.74. The molecule has 0 saturated carbocycles. The summed E-state index contributed by atoms with van der Waals surface area (Å²) in [7, 11) is 0. The molecule has 15 heavy (non-hydrogen) atoms. The Hall–Kier alpha value is -1.83. The lowest BCUT2D eigenvalue weighted by molar-refractivity contribution is 0.393. The van der Waals surface area contributed by atoms with Gasteiger partial charge in [0.15, 0.2) is 0 Å². The molecule has 0 amide bonds. The van der Waals surface area contributed by atoms with Gasteiger partial charge in [-0.2, -0.15) is 0 Å². The molecule has 2 nitrogen and oxygen atoms in total. The number of benzene rings is 1. The number of fused-ring (bicyclic) bond motifs is 1. The Bertz CT molecular complexity index is 443. The van der Waals surface area contributed by atoms with Crippen LogP contribution in [0.5, 0.6) is 0 Å². The molecule has 0 radical (unpaired) electrons. The Morgan fingerprint density at radius 3 is 2.80 bits per heavy atom. The topological polar surface area (TPSA) is 15.6 Å². The second-order valence-corrected chi connectivity index (χ2v) is 3.75. The highest BCUT2D eigenvalue weighted by Crippen LogP contribution is 2.19. The summed E-state index contributed by atoms with van der Waals surface area (Å²) in [4.78, 5) is 6.92. The van der Waals surface area contributed by atoms with Crippen molar-refractivity contribution in [1.29, 1.82) is 0 Å². The lowest BCUT2D eigenvalue weighted by atomic mass is 10.1. The van der Waals surface area contributed by atoms with Crippen molar-refractivity contribution in [3.63, 3.8) is 0 Å². The first-order chi connectivity index (χ1) is 7.43. The predicted octanol–water partition coefficient (Wildman–Crippen LogP) is 2.20. The van der Waals surface area contributed by atoms with E-state index >= 15 is 0 Å². The van der Waals surface area contributed by atoms with Crippen molar-refractivity contribution < 1.29 is 0 Å². The van der Waals surface area contributed by atoms with E-state index in [1.54, 1.807) is 0 Å². The van der Waals surface area contributed by atoms with Gasteiger partial charge in [0.25, 0.3) is 0 Å². The van der Waals surface area contributed by atoms with Gasteiger partial charge in [-0.1, -0.05) is 36.4 Å². The molecule has 0 fully saturated rings. The van der Waals surface area contributed by atoms with E-state index in [0.29, 0.717) is 0 Å². The minimum atomic E-state index is 0.213. The van der Waals surface area contributed by atoms with E-state index in [0.717, 1.165) is 6.54 Å². The summed E-state index contributed by atoms with van der Waals surface area (Å²) >= 11 is 0. The van der Waals surface area contributed by atoms with Crippen molar-refractivity contribution in [1.82, 2.24) is 4.90 Å². The largest absolute Gasteiger partial charge is 0.347 e. The molecule has 1 aromatic carbocycles. The summed E-state index contributed by atoms with van der Waals surface area (Å²) in [5.74, 6) is 0. The Morgan fingerprint density at radius 2 is 2.00 bits per heavy atom. The maximum atomic E-state index is 4.68. The monoisotopic (exact) mass is 196 g/mol. The van der Waals surface area contributed by atoms with Crippen LogP contribution in [-0.2, 0) is 0 Å². The van der Waals surface area contributed by atoms with E-state index in [9.17, 15) is 0 Å². The van der Waals surface area contributed by atoms with Crippen molar-refractivity contribution in [2.45, 2.75) is 6.17 Å². The summed E-state index contributed by atoms with van der Waals surface area (Å²) in [6.45, 7) is 0.912. The third kappa shape index (κ3) is 1.48. The summed E-state index contributed by atoms with van der Waals surface area (Å²) in [6.07, 6.45) is 8.55. The maximum Gasteiger partial charge on any atom is 0.140 e. The standard InChI is InChI=1S/C13H12N2/c1-2-6-11(7-3-1)12-10-15-9-5-4-8-13(15)14-12/h1-9,13H,10H2. The van der Waals surface area contributed by atoms with Crippen LogP contribution in [0.1, 0.15) is 5.56 Å². The average molecular weight is 196 g/mol. The molecular weight excluding hydrogens is 184 g/mol. The van der Waals surface area contributed by atoms with Gasteiger partial charge in [0, 0.05) is 6.20 Å². The Labute approximate surface area is 89.3 Å². The molecule has 0 spiro atoms. The van der Waals surface area contributed by atoms with Crippen LogP contribution in [-0.4, -0.2) is 23.3 Å². The van der Waals surface area contributed by atoms with E-state index in [4.69, 9.17) is 0 Å². The minimum Gasteiger partial charge on any atom is -0.347 e. The summed E-state index contributed by atoms with van der Waals surface area (Å²) in [5.41, 5.74) is 2.41. The molecule has 0 aliphatic carbocycles. The molecule has 1 unspecified atom stereocenters. The molecule has 0 N–H and O–H groups in total. The van der Waals surface area contributed by atoms with Crippen LogP contribution in [0.25, 0.3) is 0 Å². The minimum absolute atomic E-state index is 0.213. The number of aliphatic imine (C=N–C) groups is 1. The number of hydrogen-bond donors (Lipinski definition) is 0. The van der Waals surface area contributed by atoms with Crippen LogP contribution in [0.2, 0.25) is 0 Å². The molecule has 2 heteroatoms. The zero-order valence-electron chi connectivity index (χ0n) is 8.38. The molecule has 2 heterocycles. The fourth-order valence-corrected chi connectivity index (χ4v) is 1.96. The van der Waals surface area contributed by atoms with Crippen molar-refractivity contribution >= 4 is 5.71 Å². The van der Waals surface area contributed by atoms with Gasteiger partial charge in [-0.15, -0.1) is 0 Å². The Kier molecular flexibility index (Phi) is 1.91. The molecule has 1 atom stereocenters. The fourth-order valence-electron chi connectivity index (χ4n) is 1.96. The van der Waals surface area contributed by atoms with Gasteiger partial charge in [0.2, 0.25) is 0 Å². The van der Waals surface area contributed by atoms with Crippen LogP contribution in [0.15, 0.2) is 59.8 Å². The first-order valence-corrected chi connectivity index (χ1v) is 5.16. The van der Waals surface area contributed by atoms with Gasteiger partial charge in [-0.3, -0.25) is 4.99 Å². The van der Waals surface area contributed by atoms with Gasteiger partial charge in [0.1, 0.15) is 6.17 Å². The predicted molar refractivity (Wildman–Crippen MR) is 61.8 cm³/mol. The second-order valence-electron chi connectivity index (χ2n) is 3.75. The maximum absolute atomic E-state index is 4.68. The smallest absolute Gasteiger partial charge is 0.140 e. The summed E-state index contributed by atoms with van der Waals surface area (Å²) < 4.78 is 0. The fraction of sp³-hybridized carbons (Fsp3) is 0.154. The highest BCUT2D eigenvalue weighted by molar-refractivity contribution is 6.03. The SMILES string of the molecule is C1=CC2N=C(c3ccccc3)CN2C=C1. The second kappa shape index (κ2) is 3.39. The highest BCUT2D eigenvalue weighted by atomic mass is 15.3. The van der Waals surface area contributed by atoms with Gasteiger partial charge in [-0.05, 0) is 17.7 Å². The van der Waals surface area contributed by atoms with Crippen molar-refractivity contribution in [2.75, 3.05) is 6.54 Å². The first-order valence-electron chi connectivity index (χ1n) is 5.16. The first kappa shape index (κ1) is 8.48. The van der Waals surface area contributed by atoms with Gasteiger partial charge in [-0.25, -0.2) is 0 Å². The van der Waals surface area contributed by atoms with E-state index in [1.807, 2.05) is 6.07 Å². The molecule has 0 saturated heterocycles. The molecule has 74 valence electrons. The zero-order valence-corrected chi connectivity index (χ0v) is 8.38. The van der Waals surface area contributed by atoms with Gasteiger partial charge in [0.05, 0.1) is 12.3 Å². The number of allylic oxidation sites excluding steroid dienone is 2. The number of rotatable bonds is 1. The Morgan fingerprint density at radius 1 is 1.13 bits per heavy atom. The molecule has 0 aromatic heterocycles. The molecule has 2 aliphatic heterocycles. The molecule has 1 aromatic rings. The van der Waals surface area contributed by atoms with E-state index in [-0.39, 0.29) is 6.17 Å². The summed E-state index contributed by atoms with van der Waals surface area (Å²) in [6, 6.07) is 10.4. The summed E-state index contributed by atoms with van der Waals surface area (Å²) in [5, 5.41) is 0. The lowest BCUT2D eigenvalue weighted by Gasteiger charge is -2.19. The van der Waals surface area contributed by atoms with E-state index in [1.165, 1.54) is 11.3 Å². The van der Waals surface area contributed by atoms with Crippen molar-refractivity contribution in [3.05, 3.63) is 60.3 Å². The quantitative estimate of drug-likeness (QED) is 0.672. The normalized spacial score (nSPS) is 22.8. The van der Waals surface area contributed by atoms with Crippen LogP contribution in [0, 0.1) is 0 Å². The van der Waals surface area contributed by atoms with Gasteiger partial charge < -0.3 is 4.90 Å². The third-order valence-electron chi connectivity index (χ3n) is 2.74. The lowest BCUT2D eigenvalue weighted by Crippen LogP contribution is -2.25. The highest BCUT2D eigenvalue weighted by Gasteiger charge is 2.23. The zero-order chi connectivity index (χ0) is 10.1. The molecule has 3 rings (SSSR count). The molecular formula is C13H12N2. The van der Waals surface area contributed by atoms with Crippen LogP contribution < -0.4 is 0 Å². The van der Waals surface area contributed by atoms with Gasteiger partial charge >= 0.3 is 0 Å². The Balaban J connectivity index is 1.91. The van der Waals surface area contributed by atoms with E-state index < -0.39 is 0 Å². The number of hydrogen-bond acceptors (Lipinski definition) is 2. The van der Waals surface area contributed by atoms with Crippen molar-refractivity contribution in [3.8, 4) is 0 Å². The molecule has 0 bridgehead atoms.